The van der Waals surface area contributed by atoms with Crippen LogP contribution in [0.25, 0.3) is 5.69 Å². The van der Waals surface area contributed by atoms with Crippen molar-refractivity contribution in [3.05, 3.63) is 58.7 Å². The fraction of sp³-hybridized carbons (Fsp3) is 0.316. The smallest absolute Gasteiger partial charge is 0.355 e. The molecule has 0 aliphatic carbocycles. The van der Waals surface area contributed by atoms with Crippen LogP contribution >= 0.6 is 0 Å². The third-order valence-electron chi connectivity index (χ3n) is 4.06. The Balaban J connectivity index is 1.75. The van der Waals surface area contributed by atoms with Gasteiger partial charge in [-0.3, -0.25) is 0 Å². The van der Waals surface area contributed by atoms with Gasteiger partial charge in [-0.2, -0.15) is 4.68 Å². The summed E-state index contributed by atoms with van der Waals surface area (Å²) in [5, 5.41) is 11.5. The SMILES string of the molecule is Cc1[nH]c(C(=O)OCc2nnnn2-c2ccccc2)c(C)c1C(=O)OC(C)C. The number of aromatic nitrogens is 5. The van der Waals surface area contributed by atoms with Gasteiger partial charge in [0.2, 0.25) is 0 Å². The van der Waals surface area contributed by atoms with Crippen LogP contribution in [0, 0.1) is 13.8 Å². The van der Waals surface area contributed by atoms with E-state index in [2.05, 4.69) is 20.5 Å². The normalized spacial score (nSPS) is 10.9. The first-order chi connectivity index (χ1) is 13.4. The van der Waals surface area contributed by atoms with Gasteiger partial charge in [-0.05, 0) is 55.8 Å². The molecule has 2 heterocycles. The fourth-order valence-electron chi connectivity index (χ4n) is 2.80. The molecule has 0 saturated carbocycles. The van der Waals surface area contributed by atoms with Gasteiger partial charge in [-0.15, -0.1) is 5.10 Å². The highest BCUT2D eigenvalue weighted by molar-refractivity contribution is 5.98. The maximum Gasteiger partial charge on any atom is 0.355 e. The highest BCUT2D eigenvalue weighted by atomic mass is 16.5. The molecule has 3 rings (SSSR count). The van der Waals surface area contributed by atoms with Crippen molar-refractivity contribution in [2.75, 3.05) is 0 Å². The number of nitrogens with one attached hydrogen (secondary N) is 1. The van der Waals surface area contributed by atoms with Crippen molar-refractivity contribution in [3.63, 3.8) is 0 Å². The van der Waals surface area contributed by atoms with E-state index in [1.54, 1.807) is 27.7 Å². The number of H-pyrrole nitrogens is 1. The van der Waals surface area contributed by atoms with E-state index in [0.29, 0.717) is 22.6 Å². The molecule has 9 nitrogen and oxygen atoms in total. The lowest BCUT2D eigenvalue weighted by atomic mass is 10.1. The molecular formula is C19H21N5O4. The molecule has 1 N–H and O–H groups in total. The van der Waals surface area contributed by atoms with E-state index in [0.717, 1.165) is 5.69 Å². The molecule has 28 heavy (non-hydrogen) atoms. The Morgan fingerprint density at radius 2 is 1.86 bits per heavy atom. The Hall–Kier alpha value is -3.49. The number of ether oxygens (including phenoxy) is 2. The summed E-state index contributed by atoms with van der Waals surface area (Å²) in [4.78, 5) is 27.7. The Morgan fingerprint density at radius 1 is 1.14 bits per heavy atom. The van der Waals surface area contributed by atoms with Gasteiger partial charge in [0.05, 0.1) is 17.4 Å². The molecule has 0 aliphatic rings. The van der Waals surface area contributed by atoms with Crippen molar-refractivity contribution in [2.45, 2.75) is 40.4 Å². The van der Waals surface area contributed by atoms with Gasteiger partial charge < -0.3 is 14.5 Å². The number of hydrogen-bond donors (Lipinski definition) is 1. The van der Waals surface area contributed by atoms with Crippen molar-refractivity contribution in [1.82, 2.24) is 25.2 Å². The predicted molar refractivity (Wildman–Crippen MR) is 99.1 cm³/mol. The topological polar surface area (TPSA) is 112 Å². The maximum absolute atomic E-state index is 12.5. The van der Waals surface area contributed by atoms with Crippen molar-refractivity contribution in [2.24, 2.45) is 0 Å². The Morgan fingerprint density at radius 3 is 2.54 bits per heavy atom. The number of benzene rings is 1. The summed E-state index contributed by atoms with van der Waals surface area (Å²) < 4.78 is 12.1. The molecule has 0 bridgehead atoms. The largest absolute Gasteiger partial charge is 0.459 e. The second kappa shape index (κ2) is 8.03. The summed E-state index contributed by atoms with van der Waals surface area (Å²) in [6, 6.07) is 9.27. The first kappa shape index (κ1) is 19.3. The van der Waals surface area contributed by atoms with E-state index in [-0.39, 0.29) is 18.4 Å². The van der Waals surface area contributed by atoms with Crippen molar-refractivity contribution >= 4 is 11.9 Å². The molecule has 2 aromatic heterocycles. The number of hydrogen-bond acceptors (Lipinski definition) is 7. The molecule has 1 aromatic carbocycles. The lowest BCUT2D eigenvalue weighted by Crippen LogP contribution is -2.14. The highest BCUT2D eigenvalue weighted by Gasteiger charge is 2.25. The summed E-state index contributed by atoms with van der Waals surface area (Å²) in [5.41, 5.74) is 2.32. The molecule has 0 atom stereocenters. The van der Waals surface area contributed by atoms with Gasteiger partial charge in [0.25, 0.3) is 0 Å². The van der Waals surface area contributed by atoms with Crippen molar-refractivity contribution in [3.8, 4) is 5.69 Å². The van der Waals surface area contributed by atoms with E-state index in [4.69, 9.17) is 9.47 Å². The standard InChI is InChI=1S/C19H21N5O4/c1-11(2)28-18(25)16-12(3)17(20-13(16)4)19(26)27-10-15-21-22-23-24(15)14-8-6-5-7-9-14/h5-9,11,20H,10H2,1-4H3. The summed E-state index contributed by atoms with van der Waals surface area (Å²) in [5.74, 6) is -0.708. The minimum absolute atomic E-state index is 0.121. The zero-order chi connectivity index (χ0) is 20.3. The molecular weight excluding hydrogens is 362 g/mol. The van der Waals surface area contributed by atoms with Crippen LogP contribution in [0.15, 0.2) is 30.3 Å². The van der Waals surface area contributed by atoms with Crippen LogP contribution in [0.1, 0.15) is 51.8 Å². The molecule has 0 unspecified atom stereocenters. The summed E-state index contributed by atoms with van der Waals surface area (Å²) in [6.45, 7) is 6.79. The molecule has 0 amide bonds. The molecule has 0 spiro atoms. The Bertz CT molecular complexity index is 991. The number of tetrazole rings is 1. The minimum Gasteiger partial charge on any atom is -0.459 e. The third kappa shape index (κ3) is 3.93. The first-order valence-electron chi connectivity index (χ1n) is 8.78. The van der Waals surface area contributed by atoms with Crippen molar-refractivity contribution in [1.29, 1.82) is 0 Å². The summed E-state index contributed by atoms with van der Waals surface area (Å²) in [6.07, 6.45) is -0.256. The predicted octanol–water partition coefficient (Wildman–Crippen LogP) is 2.53. The summed E-state index contributed by atoms with van der Waals surface area (Å²) in [7, 11) is 0. The quantitative estimate of drug-likeness (QED) is 0.651. The second-order valence-corrected chi connectivity index (χ2v) is 6.50. The van der Waals surface area contributed by atoms with E-state index >= 15 is 0 Å². The van der Waals surface area contributed by atoms with Gasteiger partial charge in [-0.1, -0.05) is 18.2 Å². The van der Waals surface area contributed by atoms with E-state index < -0.39 is 11.9 Å². The molecule has 0 saturated heterocycles. The van der Waals surface area contributed by atoms with Crippen LogP contribution in [0.2, 0.25) is 0 Å². The number of carbonyl (C=O) groups excluding carboxylic acids is 2. The molecule has 3 aromatic rings. The molecule has 0 fully saturated rings. The molecule has 9 heteroatoms. The molecule has 146 valence electrons. The second-order valence-electron chi connectivity index (χ2n) is 6.50. The number of nitrogens with zero attached hydrogens (tertiary/aromatic N) is 4. The van der Waals surface area contributed by atoms with E-state index in [1.807, 2.05) is 30.3 Å². The number of esters is 2. The Kier molecular flexibility index (Phi) is 5.53. The van der Waals surface area contributed by atoms with Crippen molar-refractivity contribution < 1.29 is 19.1 Å². The zero-order valence-electron chi connectivity index (χ0n) is 16.1. The number of aromatic amines is 1. The average molecular weight is 383 g/mol. The van der Waals surface area contributed by atoms with Gasteiger partial charge >= 0.3 is 11.9 Å². The van der Waals surface area contributed by atoms with Gasteiger partial charge in [0, 0.05) is 5.69 Å². The lowest BCUT2D eigenvalue weighted by molar-refractivity contribution is 0.0376. The monoisotopic (exact) mass is 383 g/mol. The number of para-hydroxylation sites is 1. The first-order valence-corrected chi connectivity index (χ1v) is 8.78. The average Bonchev–Trinajstić information content (AvgIpc) is 3.24. The van der Waals surface area contributed by atoms with E-state index in [1.165, 1.54) is 4.68 Å². The third-order valence-corrected chi connectivity index (χ3v) is 4.06. The highest BCUT2D eigenvalue weighted by Crippen LogP contribution is 2.21. The van der Waals surface area contributed by atoms with Crippen LogP contribution in [0.4, 0.5) is 0 Å². The lowest BCUT2D eigenvalue weighted by Gasteiger charge is -2.08. The molecule has 0 aliphatic heterocycles. The van der Waals surface area contributed by atoms with Crippen LogP contribution in [-0.2, 0) is 16.1 Å². The van der Waals surface area contributed by atoms with E-state index in [9.17, 15) is 9.59 Å². The number of carbonyl (C=O) groups is 2. The van der Waals surface area contributed by atoms with Gasteiger partial charge in [0.15, 0.2) is 12.4 Å². The summed E-state index contributed by atoms with van der Waals surface area (Å²) >= 11 is 0. The van der Waals surface area contributed by atoms with Crippen LogP contribution in [-0.4, -0.2) is 43.2 Å². The van der Waals surface area contributed by atoms with Gasteiger partial charge in [-0.25, -0.2) is 9.59 Å². The fourth-order valence-corrected chi connectivity index (χ4v) is 2.80. The number of aryl methyl sites for hydroxylation is 1. The Labute approximate surface area is 161 Å². The molecule has 0 radical (unpaired) electrons. The zero-order valence-corrected chi connectivity index (χ0v) is 16.1. The minimum atomic E-state index is -0.605. The van der Waals surface area contributed by atoms with Crippen LogP contribution in [0.5, 0.6) is 0 Å². The van der Waals surface area contributed by atoms with Crippen LogP contribution in [0.3, 0.4) is 0 Å². The maximum atomic E-state index is 12.5. The number of rotatable bonds is 6. The van der Waals surface area contributed by atoms with Gasteiger partial charge in [0.1, 0.15) is 5.69 Å². The van der Waals surface area contributed by atoms with Crippen LogP contribution < -0.4 is 0 Å².